The Hall–Kier alpha value is -0.0700. The Labute approximate surface area is 182 Å². The maximum Gasteiger partial charge on any atom is 0.227 e. The third-order valence-electron chi connectivity index (χ3n) is 8.05. The summed E-state index contributed by atoms with van der Waals surface area (Å²) in [5, 5.41) is 6.98. The first-order valence-corrected chi connectivity index (χ1v) is 11.0. The highest BCUT2D eigenvalue weighted by molar-refractivity contribution is 5.85. The molecular weight excluding hydrogens is 397 g/mol. The van der Waals surface area contributed by atoms with Crippen molar-refractivity contribution in [1.29, 1.82) is 0 Å². The number of hydrogen-bond donors (Lipinski definition) is 2. The van der Waals surface area contributed by atoms with Gasteiger partial charge >= 0.3 is 0 Å². The number of carbonyl (C=O) groups is 1. The van der Waals surface area contributed by atoms with Crippen LogP contribution in [0.25, 0.3) is 0 Å². The molecule has 2 heterocycles. The molecule has 164 valence electrons. The number of ether oxygens (including phenoxy) is 1. The minimum Gasteiger partial charge on any atom is -0.381 e. The lowest BCUT2D eigenvalue weighted by Gasteiger charge is -2.46. The van der Waals surface area contributed by atoms with Gasteiger partial charge in [-0.25, -0.2) is 0 Å². The summed E-state index contributed by atoms with van der Waals surface area (Å²) in [5.74, 6) is 0.887. The molecule has 7 heteroatoms. The molecule has 2 aliphatic carbocycles. The molecule has 4 aliphatic rings. The molecule has 4 rings (SSSR count). The van der Waals surface area contributed by atoms with Gasteiger partial charge in [0, 0.05) is 38.8 Å². The van der Waals surface area contributed by atoms with Crippen LogP contribution in [-0.2, 0) is 9.53 Å². The third-order valence-corrected chi connectivity index (χ3v) is 8.05. The Morgan fingerprint density at radius 1 is 1.07 bits per heavy atom. The van der Waals surface area contributed by atoms with E-state index in [0.29, 0.717) is 17.9 Å². The second kappa shape index (κ2) is 10.3. The van der Waals surface area contributed by atoms with Gasteiger partial charge in [-0.15, -0.1) is 24.8 Å². The summed E-state index contributed by atoms with van der Waals surface area (Å²) in [6.07, 6.45) is 12.5. The van der Waals surface area contributed by atoms with Crippen LogP contribution in [0.4, 0.5) is 0 Å². The van der Waals surface area contributed by atoms with Crippen molar-refractivity contribution < 1.29 is 9.53 Å². The Balaban J connectivity index is 0.00000140. The molecule has 0 spiro atoms. The molecule has 0 radical (unpaired) electrons. The molecule has 4 fully saturated rings. The van der Waals surface area contributed by atoms with Crippen LogP contribution in [-0.4, -0.2) is 62.3 Å². The van der Waals surface area contributed by atoms with Crippen LogP contribution in [0.2, 0.25) is 0 Å². The highest BCUT2D eigenvalue weighted by Crippen LogP contribution is 2.44. The minimum absolute atomic E-state index is 0. The molecule has 0 unspecified atom stereocenters. The number of nitrogens with zero attached hydrogens (tertiary/aromatic N) is 1. The van der Waals surface area contributed by atoms with Gasteiger partial charge in [0.05, 0.1) is 11.5 Å². The minimum atomic E-state index is -0.124. The maximum atomic E-state index is 13.3. The van der Waals surface area contributed by atoms with Gasteiger partial charge in [-0.05, 0) is 51.0 Å². The highest BCUT2D eigenvalue weighted by Gasteiger charge is 2.50. The van der Waals surface area contributed by atoms with E-state index in [1.165, 1.54) is 44.9 Å². The first kappa shape index (κ1) is 24.2. The van der Waals surface area contributed by atoms with E-state index >= 15 is 0 Å². The van der Waals surface area contributed by atoms with Crippen molar-refractivity contribution in [2.24, 2.45) is 11.3 Å². The van der Waals surface area contributed by atoms with Crippen LogP contribution in [0.15, 0.2) is 0 Å². The molecule has 0 aromatic heterocycles. The number of hydrogen-bond acceptors (Lipinski definition) is 4. The number of amides is 1. The number of fused-ring (bicyclic) bond motifs is 1. The summed E-state index contributed by atoms with van der Waals surface area (Å²) in [6, 6.07) is 0. The van der Waals surface area contributed by atoms with Crippen molar-refractivity contribution in [2.45, 2.75) is 75.9 Å². The van der Waals surface area contributed by atoms with Crippen molar-refractivity contribution in [3.63, 3.8) is 0 Å². The normalized spacial score (nSPS) is 32.8. The molecule has 2 N–H and O–H groups in total. The van der Waals surface area contributed by atoms with Crippen molar-refractivity contribution in [3.05, 3.63) is 0 Å². The van der Waals surface area contributed by atoms with Crippen LogP contribution in [0.1, 0.15) is 64.2 Å². The van der Waals surface area contributed by atoms with Gasteiger partial charge in [-0.1, -0.05) is 25.7 Å². The van der Waals surface area contributed by atoms with E-state index in [1.807, 2.05) is 7.11 Å². The quantitative estimate of drug-likeness (QED) is 0.695. The summed E-state index contributed by atoms with van der Waals surface area (Å²) < 4.78 is 5.56. The maximum absolute atomic E-state index is 13.3. The Bertz CT molecular complexity index is 508. The van der Waals surface area contributed by atoms with E-state index < -0.39 is 0 Å². The monoisotopic (exact) mass is 435 g/mol. The number of likely N-dealkylation sites (tertiary alicyclic amines) is 1. The second-order valence-corrected chi connectivity index (χ2v) is 9.27. The number of methoxy groups -OCH3 is 1. The SMILES string of the molecule is COC1CCN(C2(CNC(=O)[C@@]34CCCC[C@H]3CNC4)CCCC2)CC1.Cl.Cl. The third kappa shape index (κ3) is 4.49. The van der Waals surface area contributed by atoms with Gasteiger partial charge in [-0.3, -0.25) is 9.69 Å². The molecule has 0 aromatic rings. The van der Waals surface area contributed by atoms with Gasteiger partial charge in [0.15, 0.2) is 0 Å². The zero-order valence-corrected chi connectivity index (χ0v) is 19.0. The van der Waals surface area contributed by atoms with E-state index in [-0.39, 0.29) is 35.8 Å². The molecule has 2 saturated carbocycles. The smallest absolute Gasteiger partial charge is 0.227 e. The molecule has 5 nitrogen and oxygen atoms in total. The van der Waals surface area contributed by atoms with Gasteiger partial charge in [0.2, 0.25) is 5.91 Å². The van der Waals surface area contributed by atoms with Crippen molar-refractivity contribution in [3.8, 4) is 0 Å². The van der Waals surface area contributed by atoms with Crippen LogP contribution in [0.3, 0.4) is 0 Å². The van der Waals surface area contributed by atoms with E-state index in [4.69, 9.17) is 4.74 Å². The van der Waals surface area contributed by atoms with Crippen LogP contribution in [0.5, 0.6) is 0 Å². The summed E-state index contributed by atoms with van der Waals surface area (Å²) in [7, 11) is 1.83. The molecule has 2 aliphatic heterocycles. The zero-order chi connectivity index (χ0) is 18.0. The standard InChI is InChI=1S/C21H37N3O2.2ClH/c1-26-18-7-12-24(13-8-18)20(9-4-5-10-20)15-23-19(25)21-11-3-2-6-17(21)14-22-16-21;;/h17-18,22H,2-16H2,1H3,(H,23,25);2*1H/t17-,21+;;/m0../s1. The average Bonchev–Trinajstić information content (AvgIpc) is 3.34. The topological polar surface area (TPSA) is 53.6 Å². The van der Waals surface area contributed by atoms with Crippen molar-refractivity contribution in [2.75, 3.05) is 39.8 Å². The first-order chi connectivity index (χ1) is 12.7. The van der Waals surface area contributed by atoms with E-state index in [0.717, 1.165) is 52.0 Å². The van der Waals surface area contributed by atoms with Gasteiger partial charge < -0.3 is 15.4 Å². The van der Waals surface area contributed by atoms with Gasteiger partial charge in [0.1, 0.15) is 0 Å². The second-order valence-electron chi connectivity index (χ2n) is 9.27. The van der Waals surface area contributed by atoms with Crippen LogP contribution < -0.4 is 10.6 Å². The Morgan fingerprint density at radius 2 is 1.75 bits per heavy atom. The molecule has 0 bridgehead atoms. The first-order valence-electron chi connectivity index (χ1n) is 11.0. The summed E-state index contributed by atoms with van der Waals surface area (Å²) in [4.78, 5) is 16.0. The van der Waals surface area contributed by atoms with Crippen molar-refractivity contribution in [1.82, 2.24) is 15.5 Å². The molecule has 28 heavy (non-hydrogen) atoms. The number of halogens is 2. The number of carbonyl (C=O) groups excluding carboxylic acids is 1. The van der Waals surface area contributed by atoms with Gasteiger partial charge in [0.25, 0.3) is 0 Å². The zero-order valence-electron chi connectivity index (χ0n) is 17.3. The average molecular weight is 436 g/mol. The number of piperidine rings is 1. The van der Waals surface area contributed by atoms with Crippen molar-refractivity contribution >= 4 is 30.7 Å². The highest BCUT2D eigenvalue weighted by atomic mass is 35.5. The van der Waals surface area contributed by atoms with Crippen LogP contribution in [0, 0.1) is 11.3 Å². The van der Waals surface area contributed by atoms with E-state index in [9.17, 15) is 4.79 Å². The Kier molecular flexibility index (Phi) is 8.90. The fourth-order valence-corrected chi connectivity index (χ4v) is 6.32. The Morgan fingerprint density at radius 3 is 2.43 bits per heavy atom. The summed E-state index contributed by atoms with van der Waals surface area (Å²) >= 11 is 0. The van der Waals surface area contributed by atoms with Crippen LogP contribution >= 0.6 is 24.8 Å². The lowest BCUT2D eigenvalue weighted by Crippen LogP contribution is -2.59. The molecule has 2 saturated heterocycles. The summed E-state index contributed by atoms with van der Waals surface area (Å²) in [5.41, 5.74) is 0.0717. The largest absolute Gasteiger partial charge is 0.381 e. The van der Waals surface area contributed by atoms with E-state index in [1.54, 1.807) is 0 Å². The molecule has 1 amide bonds. The lowest BCUT2D eigenvalue weighted by atomic mass is 9.67. The fraction of sp³-hybridized carbons (Fsp3) is 0.952. The number of nitrogens with one attached hydrogen (secondary N) is 2. The molecule has 0 aromatic carbocycles. The lowest BCUT2D eigenvalue weighted by molar-refractivity contribution is -0.134. The fourth-order valence-electron chi connectivity index (χ4n) is 6.32. The molecular formula is C21H39Cl2N3O2. The predicted molar refractivity (Wildman–Crippen MR) is 118 cm³/mol. The summed E-state index contributed by atoms with van der Waals surface area (Å²) in [6.45, 7) is 4.99. The number of rotatable bonds is 5. The predicted octanol–water partition coefficient (Wildman–Crippen LogP) is 3.15. The van der Waals surface area contributed by atoms with E-state index in [2.05, 4.69) is 15.5 Å². The van der Waals surface area contributed by atoms with Gasteiger partial charge in [-0.2, -0.15) is 0 Å². The molecule has 2 atom stereocenters.